The highest BCUT2D eigenvalue weighted by molar-refractivity contribution is 7.13. The van der Waals surface area contributed by atoms with Gasteiger partial charge < -0.3 is 14.8 Å². The summed E-state index contributed by atoms with van der Waals surface area (Å²) in [7, 11) is 3.99. The number of aromatic nitrogens is 1. The molecule has 1 amide bonds. The molecule has 4 nitrogen and oxygen atoms in total. The van der Waals surface area contributed by atoms with E-state index in [0.717, 1.165) is 28.2 Å². The van der Waals surface area contributed by atoms with E-state index < -0.39 is 0 Å². The SMILES string of the molecule is CN(C)c1ccc(NC(=O)c2scc(-c3ccccc3)c2-n2cccc2)cc1. The summed E-state index contributed by atoms with van der Waals surface area (Å²) in [6.45, 7) is 0. The average molecular weight is 388 g/mol. The Hall–Kier alpha value is -3.31. The van der Waals surface area contributed by atoms with Crippen molar-refractivity contribution in [2.45, 2.75) is 0 Å². The van der Waals surface area contributed by atoms with Gasteiger partial charge in [-0.05, 0) is 42.0 Å². The number of amides is 1. The summed E-state index contributed by atoms with van der Waals surface area (Å²) in [6.07, 6.45) is 3.94. The van der Waals surface area contributed by atoms with Crippen molar-refractivity contribution in [3.8, 4) is 16.8 Å². The predicted octanol–water partition coefficient (Wildman–Crippen LogP) is 5.52. The van der Waals surface area contributed by atoms with Gasteiger partial charge in [-0.15, -0.1) is 11.3 Å². The molecule has 2 aromatic carbocycles. The predicted molar refractivity (Wildman–Crippen MR) is 118 cm³/mol. The molecule has 0 atom stereocenters. The quantitative estimate of drug-likeness (QED) is 0.489. The lowest BCUT2D eigenvalue weighted by molar-refractivity contribution is 0.103. The molecule has 0 saturated heterocycles. The number of carbonyl (C=O) groups is 1. The third kappa shape index (κ3) is 3.57. The highest BCUT2D eigenvalue weighted by atomic mass is 32.1. The minimum Gasteiger partial charge on any atom is -0.378 e. The minimum absolute atomic E-state index is 0.103. The van der Waals surface area contributed by atoms with E-state index in [0.29, 0.717) is 4.88 Å². The first-order valence-electron chi connectivity index (χ1n) is 9.02. The fourth-order valence-electron chi connectivity index (χ4n) is 3.11. The second-order valence-electron chi connectivity index (χ2n) is 6.68. The highest BCUT2D eigenvalue weighted by Crippen LogP contribution is 2.35. The van der Waals surface area contributed by atoms with Crippen LogP contribution in [-0.2, 0) is 0 Å². The van der Waals surface area contributed by atoms with E-state index in [1.165, 1.54) is 11.3 Å². The summed E-state index contributed by atoms with van der Waals surface area (Å²) in [5.74, 6) is -0.103. The highest BCUT2D eigenvalue weighted by Gasteiger charge is 2.20. The summed E-state index contributed by atoms with van der Waals surface area (Å²) in [5.41, 5.74) is 4.92. The molecule has 0 radical (unpaired) electrons. The van der Waals surface area contributed by atoms with Gasteiger partial charge in [-0.2, -0.15) is 0 Å². The molecule has 4 rings (SSSR count). The molecule has 140 valence electrons. The molecule has 28 heavy (non-hydrogen) atoms. The number of hydrogen-bond donors (Lipinski definition) is 1. The molecule has 0 aliphatic heterocycles. The lowest BCUT2D eigenvalue weighted by Gasteiger charge is -2.13. The number of hydrogen-bond acceptors (Lipinski definition) is 3. The summed E-state index contributed by atoms with van der Waals surface area (Å²) in [6, 6.07) is 21.9. The maximum absolute atomic E-state index is 13.1. The van der Waals surface area contributed by atoms with Crippen molar-refractivity contribution in [2.75, 3.05) is 24.3 Å². The molecule has 0 aliphatic rings. The van der Waals surface area contributed by atoms with E-state index in [4.69, 9.17) is 0 Å². The zero-order chi connectivity index (χ0) is 19.5. The Kier molecular flexibility index (Phi) is 5.00. The molecular formula is C23H21N3OS. The number of thiophene rings is 1. The van der Waals surface area contributed by atoms with E-state index in [2.05, 4.69) is 22.8 Å². The fraction of sp³-hybridized carbons (Fsp3) is 0.0870. The fourth-order valence-corrected chi connectivity index (χ4v) is 4.07. The van der Waals surface area contributed by atoms with Crippen LogP contribution >= 0.6 is 11.3 Å². The molecule has 1 N–H and O–H groups in total. The van der Waals surface area contributed by atoms with E-state index in [-0.39, 0.29) is 5.91 Å². The molecule has 0 unspecified atom stereocenters. The first-order valence-corrected chi connectivity index (χ1v) is 9.90. The smallest absolute Gasteiger partial charge is 0.267 e. The van der Waals surface area contributed by atoms with Crippen molar-refractivity contribution < 1.29 is 4.79 Å². The normalized spacial score (nSPS) is 10.6. The van der Waals surface area contributed by atoms with E-state index in [1.54, 1.807) is 0 Å². The molecule has 2 heterocycles. The van der Waals surface area contributed by atoms with E-state index in [9.17, 15) is 4.79 Å². The zero-order valence-electron chi connectivity index (χ0n) is 15.8. The Labute approximate surface area is 168 Å². The molecule has 0 saturated carbocycles. The van der Waals surface area contributed by atoms with Crippen molar-refractivity contribution in [1.82, 2.24) is 4.57 Å². The molecule has 5 heteroatoms. The van der Waals surface area contributed by atoms with Gasteiger partial charge in [0.1, 0.15) is 4.88 Å². The molecule has 0 spiro atoms. The van der Waals surface area contributed by atoms with Crippen molar-refractivity contribution in [3.63, 3.8) is 0 Å². The van der Waals surface area contributed by atoms with Crippen molar-refractivity contribution in [1.29, 1.82) is 0 Å². The number of nitrogens with zero attached hydrogens (tertiary/aromatic N) is 2. The Bertz CT molecular complexity index is 1070. The second-order valence-corrected chi connectivity index (χ2v) is 7.56. The first-order chi connectivity index (χ1) is 13.6. The Morgan fingerprint density at radius 1 is 0.929 bits per heavy atom. The average Bonchev–Trinajstić information content (AvgIpc) is 3.38. The van der Waals surface area contributed by atoms with Gasteiger partial charge in [0, 0.05) is 48.8 Å². The number of carbonyl (C=O) groups excluding carboxylic acids is 1. The molecule has 0 bridgehead atoms. The standard InChI is InChI=1S/C23H21N3OS/c1-25(2)19-12-10-18(11-13-19)24-23(27)22-21(26-14-6-7-15-26)20(16-28-22)17-8-4-3-5-9-17/h3-16H,1-2H3,(H,24,27). The largest absolute Gasteiger partial charge is 0.378 e. The van der Waals surface area contributed by atoms with Crippen LogP contribution in [0.5, 0.6) is 0 Å². The van der Waals surface area contributed by atoms with Gasteiger partial charge >= 0.3 is 0 Å². The Morgan fingerprint density at radius 3 is 2.25 bits per heavy atom. The number of benzene rings is 2. The molecule has 0 aliphatic carbocycles. The van der Waals surface area contributed by atoms with Gasteiger partial charge in [0.15, 0.2) is 0 Å². The van der Waals surface area contributed by atoms with Crippen LogP contribution in [0, 0.1) is 0 Å². The minimum atomic E-state index is -0.103. The van der Waals surface area contributed by atoms with Gasteiger partial charge in [-0.1, -0.05) is 30.3 Å². The van der Waals surface area contributed by atoms with Crippen LogP contribution < -0.4 is 10.2 Å². The van der Waals surface area contributed by atoms with Crippen LogP contribution in [0.25, 0.3) is 16.8 Å². The first kappa shape index (κ1) is 18.1. The van der Waals surface area contributed by atoms with Crippen LogP contribution in [0.3, 0.4) is 0 Å². The third-order valence-electron chi connectivity index (χ3n) is 4.56. The van der Waals surface area contributed by atoms with Crippen molar-refractivity contribution >= 4 is 28.6 Å². The van der Waals surface area contributed by atoms with E-state index in [1.807, 2.05) is 90.6 Å². The van der Waals surface area contributed by atoms with Crippen molar-refractivity contribution in [3.05, 3.63) is 89.4 Å². The number of anilines is 2. The molecular weight excluding hydrogens is 366 g/mol. The topological polar surface area (TPSA) is 37.3 Å². The van der Waals surface area contributed by atoms with Gasteiger partial charge in [-0.25, -0.2) is 0 Å². The second kappa shape index (κ2) is 7.74. The zero-order valence-corrected chi connectivity index (χ0v) is 16.6. The molecule has 4 aromatic rings. The Morgan fingerprint density at radius 2 is 1.61 bits per heavy atom. The third-order valence-corrected chi connectivity index (χ3v) is 5.53. The summed E-state index contributed by atoms with van der Waals surface area (Å²) >= 11 is 1.46. The van der Waals surface area contributed by atoms with Gasteiger partial charge in [0.05, 0.1) is 5.69 Å². The lowest BCUT2D eigenvalue weighted by Crippen LogP contribution is -2.13. The van der Waals surface area contributed by atoms with Crippen molar-refractivity contribution in [2.24, 2.45) is 0 Å². The molecule has 2 aromatic heterocycles. The van der Waals surface area contributed by atoms with E-state index >= 15 is 0 Å². The van der Waals surface area contributed by atoms with Gasteiger partial charge in [0.25, 0.3) is 5.91 Å². The number of nitrogens with one attached hydrogen (secondary N) is 1. The lowest BCUT2D eigenvalue weighted by atomic mass is 10.1. The monoisotopic (exact) mass is 387 g/mol. The summed E-state index contributed by atoms with van der Waals surface area (Å²) in [5, 5.41) is 5.08. The molecule has 0 fully saturated rings. The van der Waals surface area contributed by atoms with Crippen LogP contribution in [0.2, 0.25) is 0 Å². The van der Waals surface area contributed by atoms with Crippen LogP contribution in [-0.4, -0.2) is 24.6 Å². The van der Waals surface area contributed by atoms with Crippen LogP contribution in [0.15, 0.2) is 84.5 Å². The van der Waals surface area contributed by atoms with Gasteiger partial charge in [0.2, 0.25) is 0 Å². The maximum Gasteiger partial charge on any atom is 0.267 e. The number of rotatable bonds is 5. The summed E-state index contributed by atoms with van der Waals surface area (Å²) < 4.78 is 2.00. The maximum atomic E-state index is 13.1. The summed E-state index contributed by atoms with van der Waals surface area (Å²) in [4.78, 5) is 15.8. The van der Waals surface area contributed by atoms with Crippen LogP contribution in [0.4, 0.5) is 11.4 Å². The Balaban J connectivity index is 1.69. The van der Waals surface area contributed by atoms with Gasteiger partial charge in [-0.3, -0.25) is 4.79 Å². The van der Waals surface area contributed by atoms with Crippen LogP contribution in [0.1, 0.15) is 9.67 Å².